The number of benzene rings is 1. The van der Waals surface area contributed by atoms with Crippen LogP contribution in [0.15, 0.2) is 65.1 Å². The minimum atomic E-state index is -3.61. The van der Waals surface area contributed by atoms with Gasteiger partial charge in [0.05, 0.1) is 23.2 Å². The Morgan fingerprint density at radius 2 is 2.03 bits per heavy atom. The van der Waals surface area contributed by atoms with E-state index in [2.05, 4.69) is 53.5 Å². The first-order valence-corrected chi connectivity index (χ1v) is 14.9. The summed E-state index contributed by atoms with van der Waals surface area (Å²) in [7, 11) is -3.61. The smallest absolute Gasteiger partial charge is 0.325 e. The molecule has 36 heavy (non-hydrogen) atoms. The highest BCUT2D eigenvalue weighted by molar-refractivity contribution is 7.85. The molecule has 0 amide bonds. The van der Waals surface area contributed by atoms with Crippen molar-refractivity contribution in [1.82, 2.24) is 4.98 Å². The number of hydrogen-bond donors (Lipinski definition) is 0. The predicted molar refractivity (Wildman–Crippen MR) is 139 cm³/mol. The Hall–Kier alpha value is -2.51. The molecule has 3 heterocycles. The standard InChI is InChI=1S/C29H32N2O4S/c1-27-11-9-23-16-22-5-6-24(31-35-36(2,32)33)17-28(22)12-13-29(23,34-28)26(27)8-7-25(27)20-4-3-19-10-14-30-18-21(19)15-20/h3-4,9-10,14-16,18,25-26H,5-8,11-13,17H2,1-2H3/b31-24-/t25-,26-,27-,28-,29?/m1/s1. The number of oxime groups is 1. The lowest BCUT2D eigenvalue weighted by atomic mass is 9.58. The van der Waals surface area contributed by atoms with Crippen LogP contribution in [0.3, 0.4) is 0 Å². The van der Waals surface area contributed by atoms with Crippen molar-refractivity contribution in [3.05, 3.63) is 65.5 Å². The summed E-state index contributed by atoms with van der Waals surface area (Å²) in [4.78, 5) is 4.35. The quantitative estimate of drug-likeness (QED) is 0.493. The summed E-state index contributed by atoms with van der Waals surface area (Å²) in [5.74, 6) is 0.933. The first-order chi connectivity index (χ1) is 17.2. The van der Waals surface area contributed by atoms with Crippen molar-refractivity contribution in [2.24, 2.45) is 16.5 Å². The number of rotatable bonds is 3. The maximum Gasteiger partial charge on any atom is 0.325 e. The molecule has 1 aromatic heterocycles. The highest BCUT2D eigenvalue weighted by atomic mass is 32.2. The molecule has 3 fully saturated rings. The van der Waals surface area contributed by atoms with Gasteiger partial charge in [0.1, 0.15) is 0 Å². The summed E-state index contributed by atoms with van der Waals surface area (Å²) in [5, 5.41) is 6.46. The van der Waals surface area contributed by atoms with Gasteiger partial charge in [0.15, 0.2) is 0 Å². The first kappa shape index (κ1) is 22.7. The molecule has 0 N–H and O–H groups in total. The van der Waals surface area contributed by atoms with Gasteiger partial charge < -0.3 is 4.74 Å². The fourth-order valence-corrected chi connectivity index (χ4v) is 8.54. The van der Waals surface area contributed by atoms with E-state index in [4.69, 9.17) is 9.02 Å². The van der Waals surface area contributed by atoms with Crippen LogP contribution in [-0.2, 0) is 19.1 Å². The lowest BCUT2D eigenvalue weighted by Gasteiger charge is -2.54. The van der Waals surface area contributed by atoms with Gasteiger partial charge in [-0.3, -0.25) is 9.27 Å². The molecule has 0 radical (unpaired) electrons. The Bertz CT molecular complexity index is 1480. The highest BCUT2D eigenvalue weighted by Gasteiger charge is 2.66. The van der Waals surface area contributed by atoms with E-state index < -0.39 is 10.1 Å². The van der Waals surface area contributed by atoms with E-state index in [1.807, 2.05) is 12.4 Å². The molecule has 6 nitrogen and oxygen atoms in total. The average Bonchev–Trinajstić information content (AvgIpc) is 3.37. The monoisotopic (exact) mass is 504 g/mol. The van der Waals surface area contributed by atoms with Crippen molar-refractivity contribution < 1.29 is 17.4 Å². The van der Waals surface area contributed by atoms with Gasteiger partial charge in [-0.1, -0.05) is 36.4 Å². The van der Waals surface area contributed by atoms with E-state index in [0.29, 0.717) is 24.7 Å². The molecule has 5 atom stereocenters. The maximum absolute atomic E-state index is 11.5. The molecule has 1 aromatic carbocycles. The zero-order chi connectivity index (χ0) is 24.8. The molecule has 7 heteroatoms. The Balaban J connectivity index is 1.24. The number of allylic oxidation sites excluding steroid dienone is 1. The molecule has 2 saturated carbocycles. The second-order valence-electron chi connectivity index (χ2n) is 11.8. The number of hydrogen-bond acceptors (Lipinski definition) is 6. The van der Waals surface area contributed by atoms with E-state index in [9.17, 15) is 8.42 Å². The van der Waals surface area contributed by atoms with Crippen LogP contribution < -0.4 is 0 Å². The molecule has 2 aliphatic heterocycles. The third kappa shape index (κ3) is 3.21. The second-order valence-corrected chi connectivity index (χ2v) is 13.4. The zero-order valence-electron chi connectivity index (χ0n) is 20.9. The maximum atomic E-state index is 11.5. The Morgan fingerprint density at radius 3 is 2.89 bits per heavy atom. The van der Waals surface area contributed by atoms with Gasteiger partial charge in [0.25, 0.3) is 0 Å². The summed E-state index contributed by atoms with van der Waals surface area (Å²) in [6, 6.07) is 8.98. The predicted octanol–water partition coefficient (Wildman–Crippen LogP) is 5.81. The van der Waals surface area contributed by atoms with Gasteiger partial charge in [-0.05, 0) is 96.4 Å². The van der Waals surface area contributed by atoms with Gasteiger partial charge in [-0.2, -0.15) is 8.42 Å². The third-order valence-corrected chi connectivity index (χ3v) is 10.2. The molecule has 1 unspecified atom stereocenters. The van der Waals surface area contributed by atoms with Crippen LogP contribution in [0, 0.1) is 11.3 Å². The van der Waals surface area contributed by atoms with Crippen molar-refractivity contribution in [3.63, 3.8) is 0 Å². The molecule has 2 aromatic rings. The topological polar surface area (TPSA) is 77.8 Å². The average molecular weight is 505 g/mol. The van der Waals surface area contributed by atoms with Gasteiger partial charge in [-0.25, -0.2) is 0 Å². The summed E-state index contributed by atoms with van der Waals surface area (Å²) < 4.78 is 35.0. The van der Waals surface area contributed by atoms with Gasteiger partial charge >= 0.3 is 10.1 Å². The minimum Gasteiger partial charge on any atom is -0.359 e. The molecule has 3 aliphatic carbocycles. The number of fused-ring (bicyclic) bond motifs is 2. The molecular formula is C29H32N2O4S. The molecule has 5 aliphatic rings. The number of aromatic nitrogens is 1. The molecule has 2 bridgehead atoms. The Kier molecular flexibility index (Phi) is 4.73. The fourth-order valence-electron chi connectivity index (χ4n) is 8.30. The van der Waals surface area contributed by atoms with E-state index in [1.54, 1.807) is 0 Å². The molecule has 2 spiro atoms. The molecule has 1 saturated heterocycles. The summed E-state index contributed by atoms with van der Waals surface area (Å²) in [5.41, 5.74) is 4.42. The third-order valence-electron chi connectivity index (χ3n) is 9.88. The van der Waals surface area contributed by atoms with Crippen molar-refractivity contribution in [2.45, 2.75) is 75.4 Å². The lowest BCUT2D eigenvalue weighted by molar-refractivity contribution is -0.126. The van der Waals surface area contributed by atoms with Crippen LogP contribution in [0.4, 0.5) is 0 Å². The van der Waals surface area contributed by atoms with Gasteiger partial charge in [0, 0.05) is 24.2 Å². The van der Waals surface area contributed by atoms with Crippen LogP contribution in [0.2, 0.25) is 0 Å². The summed E-state index contributed by atoms with van der Waals surface area (Å²) in [6.45, 7) is 2.48. The van der Waals surface area contributed by atoms with E-state index in [1.165, 1.54) is 27.5 Å². The largest absolute Gasteiger partial charge is 0.359 e. The zero-order valence-corrected chi connectivity index (χ0v) is 21.7. The van der Waals surface area contributed by atoms with Crippen LogP contribution in [0.5, 0.6) is 0 Å². The van der Waals surface area contributed by atoms with Crippen molar-refractivity contribution in [2.75, 3.05) is 6.26 Å². The minimum absolute atomic E-state index is 0.126. The second kappa shape index (κ2) is 7.51. The Morgan fingerprint density at radius 1 is 1.14 bits per heavy atom. The first-order valence-electron chi connectivity index (χ1n) is 13.1. The van der Waals surface area contributed by atoms with Crippen LogP contribution in [-0.4, -0.2) is 36.6 Å². The SMILES string of the molecule is C[C@]12CC=C3C=C4CC/C(=N/OS(C)(=O)=O)C[C@]45CCC3(O5)[C@@H]1CC[C@@H]2c1ccc2ccncc2c1. The highest BCUT2D eigenvalue weighted by Crippen LogP contribution is 2.69. The van der Waals surface area contributed by atoms with Gasteiger partial charge in [0.2, 0.25) is 0 Å². The molecular weight excluding hydrogens is 472 g/mol. The molecule has 188 valence electrons. The van der Waals surface area contributed by atoms with Gasteiger partial charge in [-0.15, -0.1) is 0 Å². The van der Waals surface area contributed by atoms with Crippen LogP contribution in [0.25, 0.3) is 10.8 Å². The number of nitrogens with zero attached hydrogens (tertiary/aromatic N) is 2. The lowest BCUT2D eigenvalue weighted by Crippen LogP contribution is -2.53. The van der Waals surface area contributed by atoms with Crippen molar-refractivity contribution in [1.29, 1.82) is 0 Å². The fraction of sp³-hybridized carbons (Fsp3) is 0.517. The van der Waals surface area contributed by atoms with E-state index >= 15 is 0 Å². The van der Waals surface area contributed by atoms with E-state index in [0.717, 1.165) is 50.5 Å². The van der Waals surface area contributed by atoms with Crippen molar-refractivity contribution in [3.8, 4) is 0 Å². The number of pyridine rings is 1. The van der Waals surface area contributed by atoms with Crippen LogP contribution >= 0.6 is 0 Å². The molecule has 7 rings (SSSR count). The van der Waals surface area contributed by atoms with E-state index in [-0.39, 0.29) is 16.6 Å². The summed E-state index contributed by atoms with van der Waals surface area (Å²) in [6.07, 6.45) is 17.3. The number of ether oxygens (including phenoxy) is 1. The normalized spacial score (nSPS) is 38.2. The Labute approximate surface area is 212 Å². The van der Waals surface area contributed by atoms with Crippen LogP contribution in [0.1, 0.15) is 69.8 Å². The van der Waals surface area contributed by atoms with Crippen molar-refractivity contribution >= 4 is 26.6 Å². The summed E-state index contributed by atoms with van der Waals surface area (Å²) >= 11 is 0.